The molecule has 0 radical (unpaired) electrons. The summed E-state index contributed by atoms with van der Waals surface area (Å²) < 4.78 is 38.6. The summed E-state index contributed by atoms with van der Waals surface area (Å²) >= 11 is 0. The Morgan fingerprint density at radius 1 is 0.960 bits per heavy atom. The molecule has 0 bridgehead atoms. The van der Waals surface area contributed by atoms with Crippen LogP contribution in [0, 0.1) is 0 Å². The van der Waals surface area contributed by atoms with Gasteiger partial charge in [-0.15, -0.1) is 0 Å². The highest BCUT2D eigenvalue weighted by Crippen LogP contribution is 2.30. The molecule has 0 atom stereocenters. The summed E-state index contributed by atoms with van der Waals surface area (Å²) in [6.07, 6.45) is 0. The van der Waals surface area contributed by atoms with Crippen molar-refractivity contribution in [3.63, 3.8) is 0 Å². The number of hydrogen-bond acceptors (Lipinski definition) is 6. The molecule has 9 heteroatoms. The number of benzene rings is 2. The fraction of sp³-hybridized carbons (Fsp3) is 0.188. The molecule has 0 aliphatic carbocycles. The van der Waals surface area contributed by atoms with Gasteiger partial charge in [0.25, 0.3) is 5.91 Å². The molecule has 0 unspecified atom stereocenters. The van der Waals surface area contributed by atoms with Gasteiger partial charge in [0.1, 0.15) is 22.1 Å². The number of nitrogens with two attached hydrogens (primary N) is 1. The van der Waals surface area contributed by atoms with E-state index in [4.69, 9.17) is 19.3 Å². The van der Waals surface area contributed by atoms with Gasteiger partial charge in [-0.25, -0.2) is 13.6 Å². The van der Waals surface area contributed by atoms with Crippen LogP contribution in [-0.4, -0.2) is 35.7 Å². The maximum Gasteiger partial charge on any atom is 0.255 e. The third kappa shape index (κ3) is 4.20. The zero-order valence-corrected chi connectivity index (χ0v) is 14.7. The quantitative estimate of drug-likeness (QED) is 0.802. The number of sulfonamides is 1. The molecule has 8 nitrogen and oxygen atoms in total. The smallest absolute Gasteiger partial charge is 0.255 e. The Hall–Kier alpha value is -2.78. The monoisotopic (exact) mass is 366 g/mol. The minimum atomic E-state index is -4.05. The van der Waals surface area contributed by atoms with Gasteiger partial charge in [-0.3, -0.25) is 4.79 Å². The second-order valence-electron chi connectivity index (χ2n) is 4.93. The topological polar surface area (TPSA) is 117 Å². The van der Waals surface area contributed by atoms with Crippen molar-refractivity contribution in [3.8, 4) is 17.2 Å². The number of rotatable bonds is 6. The summed E-state index contributed by atoms with van der Waals surface area (Å²) in [5.41, 5.74) is 0.467. The number of carbonyl (C=O) groups is 1. The van der Waals surface area contributed by atoms with Gasteiger partial charge >= 0.3 is 0 Å². The largest absolute Gasteiger partial charge is 0.497 e. The first-order chi connectivity index (χ1) is 11.8. The van der Waals surface area contributed by atoms with Crippen molar-refractivity contribution in [2.45, 2.75) is 4.90 Å². The van der Waals surface area contributed by atoms with Gasteiger partial charge in [0.05, 0.1) is 27.0 Å². The standard InChI is InChI=1S/C16H18N2O6S/c1-22-11-5-7-13(23-2)12(9-11)18-16(19)10-4-6-14(24-3)15(8-10)25(17,20)21/h4-9H,1-3H3,(H,18,19)(H2,17,20,21). The van der Waals surface area contributed by atoms with E-state index in [0.29, 0.717) is 17.2 Å². The van der Waals surface area contributed by atoms with Gasteiger partial charge in [0, 0.05) is 11.6 Å². The van der Waals surface area contributed by atoms with Gasteiger partial charge in [-0.1, -0.05) is 0 Å². The van der Waals surface area contributed by atoms with E-state index >= 15 is 0 Å². The Balaban J connectivity index is 2.39. The predicted octanol–water partition coefficient (Wildman–Crippen LogP) is 1.61. The van der Waals surface area contributed by atoms with Crippen molar-refractivity contribution in [3.05, 3.63) is 42.0 Å². The lowest BCUT2D eigenvalue weighted by atomic mass is 10.2. The number of carbonyl (C=O) groups excluding carboxylic acids is 1. The van der Waals surface area contributed by atoms with Crippen LogP contribution in [0.25, 0.3) is 0 Å². The molecule has 2 rings (SSSR count). The summed E-state index contributed by atoms with van der Waals surface area (Å²) in [6.45, 7) is 0. The molecule has 0 fully saturated rings. The number of nitrogens with one attached hydrogen (secondary N) is 1. The Morgan fingerprint density at radius 2 is 1.60 bits per heavy atom. The number of anilines is 1. The lowest BCUT2D eigenvalue weighted by molar-refractivity contribution is 0.102. The van der Waals surface area contributed by atoms with Gasteiger partial charge in [0.15, 0.2) is 0 Å². The third-order valence-electron chi connectivity index (χ3n) is 3.39. The fourth-order valence-electron chi connectivity index (χ4n) is 2.15. The van der Waals surface area contributed by atoms with Crippen LogP contribution in [0.15, 0.2) is 41.3 Å². The molecule has 0 heterocycles. The van der Waals surface area contributed by atoms with Crippen LogP contribution in [0.4, 0.5) is 5.69 Å². The Kier molecular flexibility index (Phi) is 5.50. The highest BCUT2D eigenvalue weighted by molar-refractivity contribution is 7.89. The molecule has 3 N–H and O–H groups in total. The molecule has 0 saturated carbocycles. The molecule has 1 amide bonds. The summed E-state index contributed by atoms with van der Waals surface area (Å²) in [4.78, 5) is 12.2. The molecule has 25 heavy (non-hydrogen) atoms. The minimum Gasteiger partial charge on any atom is -0.497 e. The van der Waals surface area contributed by atoms with Gasteiger partial charge in [-0.2, -0.15) is 0 Å². The molecule has 2 aromatic carbocycles. The first kappa shape index (κ1) is 18.6. The number of primary sulfonamides is 1. The van der Waals surface area contributed by atoms with E-state index in [2.05, 4.69) is 5.32 Å². The van der Waals surface area contributed by atoms with Crippen molar-refractivity contribution >= 4 is 21.6 Å². The predicted molar refractivity (Wildman–Crippen MR) is 91.9 cm³/mol. The zero-order chi connectivity index (χ0) is 18.6. The summed E-state index contributed by atoms with van der Waals surface area (Å²) in [7, 11) is 0.220. The summed E-state index contributed by atoms with van der Waals surface area (Å²) in [5.74, 6) is 0.461. The molecule has 0 aliphatic heterocycles. The number of amides is 1. The van der Waals surface area contributed by atoms with E-state index in [1.807, 2.05) is 0 Å². The van der Waals surface area contributed by atoms with Gasteiger partial charge in [0.2, 0.25) is 10.0 Å². The average molecular weight is 366 g/mol. The molecule has 0 aliphatic rings. The lowest BCUT2D eigenvalue weighted by Gasteiger charge is -2.13. The van der Waals surface area contributed by atoms with Crippen molar-refractivity contribution < 1.29 is 27.4 Å². The van der Waals surface area contributed by atoms with Crippen molar-refractivity contribution in [2.75, 3.05) is 26.6 Å². The first-order valence-electron chi connectivity index (χ1n) is 7.04. The van der Waals surface area contributed by atoms with Gasteiger partial charge in [-0.05, 0) is 30.3 Å². The van der Waals surface area contributed by atoms with E-state index < -0.39 is 15.9 Å². The summed E-state index contributed by atoms with van der Waals surface area (Å²) in [6, 6.07) is 8.84. The van der Waals surface area contributed by atoms with E-state index in [1.54, 1.807) is 18.2 Å². The van der Waals surface area contributed by atoms with Crippen LogP contribution in [0.1, 0.15) is 10.4 Å². The van der Waals surface area contributed by atoms with Crippen LogP contribution in [0.2, 0.25) is 0 Å². The minimum absolute atomic E-state index is 0.0537. The van der Waals surface area contributed by atoms with Gasteiger partial charge < -0.3 is 19.5 Å². The maximum atomic E-state index is 12.5. The molecule has 0 saturated heterocycles. The molecular formula is C16H18N2O6S. The van der Waals surface area contributed by atoms with E-state index in [0.717, 1.165) is 6.07 Å². The van der Waals surface area contributed by atoms with Crippen LogP contribution in [0.3, 0.4) is 0 Å². The van der Waals surface area contributed by atoms with Crippen LogP contribution in [-0.2, 0) is 10.0 Å². The van der Waals surface area contributed by atoms with E-state index in [1.165, 1.54) is 33.5 Å². The number of methoxy groups -OCH3 is 3. The second-order valence-corrected chi connectivity index (χ2v) is 6.46. The lowest BCUT2D eigenvalue weighted by Crippen LogP contribution is -2.17. The average Bonchev–Trinajstić information content (AvgIpc) is 2.60. The SMILES string of the molecule is COc1ccc(OC)c(NC(=O)c2ccc(OC)c(S(N)(=O)=O)c2)c1. The van der Waals surface area contributed by atoms with Crippen molar-refractivity contribution in [1.82, 2.24) is 0 Å². The highest BCUT2D eigenvalue weighted by atomic mass is 32.2. The molecule has 134 valence electrons. The number of hydrogen-bond donors (Lipinski definition) is 2. The van der Waals surface area contributed by atoms with Crippen LogP contribution < -0.4 is 24.7 Å². The third-order valence-corrected chi connectivity index (χ3v) is 4.32. The molecule has 0 spiro atoms. The normalized spacial score (nSPS) is 10.9. The fourth-order valence-corrected chi connectivity index (χ4v) is 2.87. The Morgan fingerprint density at radius 3 is 2.16 bits per heavy atom. The van der Waals surface area contributed by atoms with E-state index in [-0.39, 0.29) is 16.2 Å². The molecule has 2 aromatic rings. The van der Waals surface area contributed by atoms with Crippen LogP contribution >= 0.6 is 0 Å². The van der Waals surface area contributed by atoms with Crippen molar-refractivity contribution in [2.24, 2.45) is 5.14 Å². The van der Waals surface area contributed by atoms with E-state index in [9.17, 15) is 13.2 Å². The Labute approximate surface area is 145 Å². The number of ether oxygens (including phenoxy) is 3. The van der Waals surface area contributed by atoms with Crippen molar-refractivity contribution in [1.29, 1.82) is 0 Å². The zero-order valence-electron chi connectivity index (χ0n) is 13.9. The Bertz CT molecular complexity index is 895. The molecule has 0 aromatic heterocycles. The summed E-state index contributed by atoms with van der Waals surface area (Å²) in [5, 5.41) is 7.81. The highest BCUT2D eigenvalue weighted by Gasteiger charge is 2.19. The first-order valence-corrected chi connectivity index (χ1v) is 8.59. The van der Waals surface area contributed by atoms with Crippen LogP contribution in [0.5, 0.6) is 17.2 Å². The molecular weight excluding hydrogens is 348 g/mol. The second kappa shape index (κ2) is 7.41. The maximum absolute atomic E-state index is 12.5.